The summed E-state index contributed by atoms with van der Waals surface area (Å²) in [5, 5.41) is 21.1. The summed E-state index contributed by atoms with van der Waals surface area (Å²) >= 11 is 1.25. The number of benzene rings is 1. The van der Waals surface area contributed by atoms with Gasteiger partial charge in [0.05, 0.1) is 43.4 Å². The molecular weight excluding hydrogens is 382 g/mol. The number of rotatable bonds is 9. The van der Waals surface area contributed by atoms with Crippen LogP contribution in [0, 0.1) is 0 Å². The van der Waals surface area contributed by atoms with Crippen LogP contribution in [0.3, 0.4) is 0 Å². The SMILES string of the molecule is COc1ccc([C@@H]2C(C(=O)c3cccs3)=C(O)C(=O)N2CCOCCO)cc1. The number of Topliss-reactive ketones (excluding diaryl/α,β-unsaturated/α-hetero) is 1. The van der Waals surface area contributed by atoms with E-state index in [1.165, 1.54) is 16.2 Å². The van der Waals surface area contributed by atoms with Crippen LogP contribution in [0.4, 0.5) is 0 Å². The fraction of sp³-hybridized carbons (Fsp3) is 0.300. The predicted octanol–water partition coefficient (Wildman–Crippen LogP) is 2.34. The van der Waals surface area contributed by atoms with Crippen molar-refractivity contribution in [1.29, 1.82) is 0 Å². The van der Waals surface area contributed by atoms with Crippen LogP contribution < -0.4 is 4.74 Å². The maximum atomic E-state index is 13.0. The molecule has 0 saturated heterocycles. The Kier molecular flexibility index (Phi) is 6.45. The zero-order valence-electron chi connectivity index (χ0n) is 15.3. The molecule has 0 fully saturated rings. The number of ether oxygens (including phenoxy) is 2. The van der Waals surface area contributed by atoms with E-state index in [1.807, 2.05) is 0 Å². The molecule has 1 atom stereocenters. The first-order valence-electron chi connectivity index (χ1n) is 8.73. The molecule has 0 radical (unpaired) electrons. The molecule has 28 heavy (non-hydrogen) atoms. The highest BCUT2D eigenvalue weighted by Gasteiger charge is 2.43. The molecule has 3 rings (SSSR count). The van der Waals surface area contributed by atoms with Crippen molar-refractivity contribution in [3.8, 4) is 5.75 Å². The summed E-state index contributed by atoms with van der Waals surface area (Å²) in [5.74, 6) is -0.889. The molecule has 0 bridgehead atoms. The van der Waals surface area contributed by atoms with Crippen molar-refractivity contribution in [2.75, 3.05) is 33.5 Å². The average Bonchev–Trinajstić information content (AvgIpc) is 3.33. The van der Waals surface area contributed by atoms with Crippen LogP contribution in [0.15, 0.2) is 53.1 Å². The van der Waals surface area contributed by atoms with Gasteiger partial charge >= 0.3 is 0 Å². The number of carbonyl (C=O) groups is 2. The van der Waals surface area contributed by atoms with Crippen LogP contribution in [0.1, 0.15) is 21.3 Å². The van der Waals surface area contributed by atoms with E-state index in [1.54, 1.807) is 48.9 Å². The van der Waals surface area contributed by atoms with Crippen molar-refractivity contribution in [1.82, 2.24) is 4.90 Å². The van der Waals surface area contributed by atoms with Crippen molar-refractivity contribution in [3.63, 3.8) is 0 Å². The lowest BCUT2D eigenvalue weighted by atomic mass is 9.95. The molecule has 148 valence electrons. The van der Waals surface area contributed by atoms with Gasteiger partial charge in [-0.2, -0.15) is 0 Å². The third-order valence-corrected chi connectivity index (χ3v) is 5.31. The van der Waals surface area contributed by atoms with Crippen LogP contribution in [-0.4, -0.2) is 60.3 Å². The maximum Gasteiger partial charge on any atom is 0.290 e. The summed E-state index contributed by atoms with van der Waals surface area (Å²) in [6.45, 7) is 0.366. The molecule has 7 nitrogen and oxygen atoms in total. The van der Waals surface area contributed by atoms with Crippen molar-refractivity contribution in [2.24, 2.45) is 0 Å². The quantitative estimate of drug-likeness (QED) is 0.493. The molecule has 1 aliphatic heterocycles. The normalized spacial score (nSPS) is 16.7. The molecule has 0 spiro atoms. The standard InChI is InChI=1S/C20H21NO6S/c1-26-14-6-4-13(5-7-14)17-16(18(23)15-3-2-12-28-15)19(24)20(25)21(17)8-10-27-11-9-22/h2-7,12,17,22,24H,8-11H2,1H3/t17-/m1/s1. The average molecular weight is 403 g/mol. The molecular formula is C20H21NO6S. The zero-order chi connectivity index (χ0) is 20.1. The van der Waals surface area contributed by atoms with Crippen molar-refractivity contribution >= 4 is 23.0 Å². The molecule has 0 unspecified atom stereocenters. The van der Waals surface area contributed by atoms with Crippen molar-refractivity contribution in [3.05, 3.63) is 63.6 Å². The van der Waals surface area contributed by atoms with E-state index in [4.69, 9.17) is 14.6 Å². The lowest BCUT2D eigenvalue weighted by molar-refractivity contribution is -0.130. The number of amides is 1. The molecule has 2 heterocycles. The number of aliphatic hydroxyl groups is 2. The lowest BCUT2D eigenvalue weighted by Crippen LogP contribution is -2.34. The van der Waals surface area contributed by atoms with Crippen LogP contribution in [0.25, 0.3) is 0 Å². The Balaban J connectivity index is 1.96. The molecule has 1 aliphatic rings. The third-order valence-electron chi connectivity index (χ3n) is 4.44. The first-order valence-corrected chi connectivity index (χ1v) is 9.61. The van der Waals surface area contributed by atoms with E-state index in [0.717, 1.165) is 0 Å². The number of hydrogen-bond donors (Lipinski definition) is 2. The number of carbonyl (C=O) groups excluding carboxylic acids is 2. The summed E-state index contributed by atoms with van der Waals surface area (Å²) < 4.78 is 10.4. The van der Waals surface area contributed by atoms with Gasteiger partial charge in [-0.3, -0.25) is 9.59 Å². The molecule has 2 aromatic rings. The molecule has 1 amide bonds. The van der Waals surface area contributed by atoms with Crippen molar-refractivity contribution < 1.29 is 29.3 Å². The van der Waals surface area contributed by atoms with Gasteiger partial charge in [0.1, 0.15) is 5.75 Å². The fourth-order valence-electron chi connectivity index (χ4n) is 3.12. The molecule has 1 aromatic carbocycles. The second-order valence-electron chi connectivity index (χ2n) is 6.08. The monoisotopic (exact) mass is 403 g/mol. The summed E-state index contributed by atoms with van der Waals surface area (Å²) in [4.78, 5) is 27.6. The number of methoxy groups -OCH3 is 1. The third kappa shape index (κ3) is 3.94. The fourth-order valence-corrected chi connectivity index (χ4v) is 3.80. The first kappa shape index (κ1) is 20.1. The highest BCUT2D eigenvalue weighted by atomic mass is 32.1. The van der Waals surface area contributed by atoms with E-state index in [0.29, 0.717) is 16.2 Å². The van der Waals surface area contributed by atoms with Crippen LogP contribution in [0.2, 0.25) is 0 Å². The van der Waals surface area contributed by atoms with Crippen LogP contribution >= 0.6 is 11.3 Å². The van der Waals surface area contributed by atoms with Gasteiger partial charge in [0.2, 0.25) is 5.78 Å². The van der Waals surface area contributed by atoms with Crippen LogP contribution in [0.5, 0.6) is 5.75 Å². The van der Waals surface area contributed by atoms with Gasteiger partial charge in [0, 0.05) is 6.54 Å². The molecule has 0 saturated carbocycles. The molecule has 8 heteroatoms. The number of nitrogens with zero attached hydrogens (tertiary/aromatic N) is 1. The number of hydrogen-bond acceptors (Lipinski definition) is 7. The highest BCUT2D eigenvalue weighted by Crippen LogP contribution is 2.39. The molecule has 0 aliphatic carbocycles. The minimum Gasteiger partial charge on any atom is -0.503 e. The van der Waals surface area contributed by atoms with Gasteiger partial charge in [-0.25, -0.2) is 0 Å². The zero-order valence-corrected chi connectivity index (χ0v) is 16.1. The minimum atomic E-state index is -0.731. The summed E-state index contributed by atoms with van der Waals surface area (Å²) in [6.07, 6.45) is 0. The number of ketones is 1. The van der Waals surface area contributed by atoms with E-state index in [9.17, 15) is 14.7 Å². The number of aliphatic hydroxyl groups excluding tert-OH is 2. The van der Waals surface area contributed by atoms with Crippen LogP contribution in [-0.2, 0) is 9.53 Å². The minimum absolute atomic E-state index is 0.0553. The van der Waals surface area contributed by atoms with E-state index >= 15 is 0 Å². The van der Waals surface area contributed by atoms with Gasteiger partial charge in [0.15, 0.2) is 5.76 Å². The van der Waals surface area contributed by atoms with Gasteiger partial charge < -0.3 is 24.6 Å². The highest BCUT2D eigenvalue weighted by molar-refractivity contribution is 7.12. The Labute approximate surface area is 166 Å². The van der Waals surface area contributed by atoms with E-state index < -0.39 is 17.7 Å². The molecule has 2 N–H and O–H groups in total. The Hall–Kier alpha value is -2.68. The summed E-state index contributed by atoms with van der Waals surface area (Å²) in [7, 11) is 1.55. The Morgan fingerprint density at radius 2 is 1.96 bits per heavy atom. The van der Waals surface area contributed by atoms with Gasteiger partial charge in [0.25, 0.3) is 5.91 Å². The Morgan fingerprint density at radius 3 is 2.57 bits per heavy atom. The second-order valence-corrected chi connectivity index (χ2v) is 7.03. The number of thiophene rings is 1. The summed E-state index contributed by atoms with van der Waals surface area (Å²) in [6, 6.07) is 9.68. The van der Waals surface area contributed by atoms with Gasteiger partial charge in [-0.15, -0.1) is 11.3 Å². The summed E-state index contributed by atoms with van der Waals surface area (Å²) in [5.41, 5.74) is 0.736. The Morgan fingerprint density at radius 1 is 1.21 bits per heavy atom. The topological polar surface area (TPSA) is 96.3 Å². The maximum absolute atomic E-state index is 13.0. The van der Waals surface area contributed by atoms with E-state index in [-0.39, 0.29) is 37.7 Å². The largest absolute Gasteiger partial charge is 0.503 e. The lowest BCUT2D eigenvalue weighted by Gasteiger charge is -2.26. The predicted molar refractivity (Wildman–Crippen MR) is 104 cm³/mol. The van der Waals surface area contributed by atoms with E-state index in [2.05, 4.69) is 0 Å². The Bertz CT molecular complexity index is 859. The van der Waals surface area contributed by atoms with Crippen molar-refractivity contribution in [2.45, 2.75) is 6.04 Å². The molecule has 1 aromatic heterocycles. The first-order chi connectivity index (χ1) is 13.6. The van der Waals surface area contributed by atoms with Gasteiger partial charge in [-0.05, 0) is 29.1 Å². The second kappa shape index (κ2) is 9.01. The van der Waals surface area contributed by atoms with Gasteiger partial charge in [-0.1, -0.05) is 18.2 Å². The smallest absolute Gasteiger partial charge is 0.290 e.